The zero-order valence-electron chi connectivity index (χ0n) is 11.1. The van der Waals surface area contributed by atoms with Gasteiger partial charge in [0, 0.05) is 18.5 Å². The van der Waals surface area contributed by atoms with Crippen LogP contribution in [0.4, 0.5) is 0 Å². The third-order valence-electron chi connectivity index (χ3n) is 4.07. The second-order valence-electron chi connectivity index (χ2n) is 5.68. The molecule has 1 saturated carbocycles. The lowest BCUT2D eigenvalue weighted by atomic mass is 9.95. The number of carbonyl (C=O) groups is 2. The van der Waals surface area contributed by atoms with Crippen molar-refractivity contribution in [2.45, 2.75) is 51.0 Å². The van der Waals surface area contributed by atoms with E-state index in [0.29, 0.717) is 12.6 Å². The molecule has 0 aromatic carbocycles. The first-order valence-electron chi connectivity index (χ1n) is 7.25. The van der Waals surface area contributed by atoms with Crippen molar-refractivity contribution < 1.29 is 9.59 Å². The molecule has 4 heteroatoms. The van der Waals surface area contributed by atoms with Crippen molar-refractivity contribution in [2.24, 2.45) is 5.92 Å². The highest BCUT2D eigenvalue weighted by atomic mass is 16.2. The molecule has 1 unspecified atom stereocenters. The third-order valence-corrected chi connectivity index (χ3v) is 4.07. The van der Waals surface area contributed by atoms with Gasteiger partial charge in [0.1, 0.15) is 6.29 Å². The average molecular weight is 252 g/mol. The summed E-state index contributed by atoms with van der Waals surface area (Å²) >= 11 is 0. The molecule has 0 spiro atoms. The molecule has 1 amide bonds. The van der Waals surface area contributed by atoms with Gasteiger partial charge < -0.3 is 10.1 Å². The summed E-state index contributed by atoms with van der Waals surface area (Å²) < 4.78 is 0. The van der Waals surface area contributed by atoms with Crippen LogP contribution in [0, 0.1) is 5.92 Å². The quantitative estimate of drug-likeness (QED) is 0.768. The molecule has 2 rings (SSSR count). The van der Waals surface area contributed by atoms with Crippen molar-refractivity contribution in [2.75, 3.05) is 19.6 Å². The van der Waals surface area contributed by atoms with Gasteiger partial charge in [-0.1, -0.05) is 19.3 Å². The highest BCUT2D eigenvalue weighted by Crippen LogP contribution is 2.18. The van der Waals surface area contributed by atoms with Crippen LogP contribution in [0.15, 0.2) is 0 Å². The Labute approximate surface area is 109 Å². The molecule has 0 aromatic heterocycles. The lowest BCUT2D eigenvalue weighted by Crippen LogP contribution is -2.45. The van der Waals surface area contributed by atoms with E-state index in [0.717, 1.165) is 45.1 Å². The Hall–Kier alpha value is -0.900. The summed E-state index contributed by atoms with van der Waals surface area (Å²) in [4.78, 5) is 24.8. The van der Waals surface area contributed by atoms with E-state index < -0.39 is 0 Å². The summed E-state index contributed by atoms with van der Waals surface area (Å²) in [5.41, 5.74) is 0. The highest BCUT2D eigenvalue weighted by Gasteiger charge is 2.22. The first-order valence-corrected chi connectivity index (χ1v) is 7.25. The molecule has 1 aliphatic carbocycles. The summed E-state index contributed by atoms with van der Waals surface area (Å²) in [7, 11) is 0. The van der Waals surface area contributed by atoms with Gasteiger partial charge in [-0.15, -0.1) is 0 Å². The fraction of sp³-hybridized carbons (Fsp3) is 0.857. The van der Waals surface area contributed by atoms with Crippen molar-refractivity contribution in [3.05, 3.63) is 0 Å². The molecule has 18 heavy (non-hydrogen) atoms. The van der Waals surface area contributed by atoms with Crippen molar-refractivity contribution in [1.29, 1.82) is 0 Å². The molecule has 0 aromatic rings. The van der Waals surface area contributed by atoms with Crippen molar-refractivity contribution in [1.82, 2.24) is 10.2 Å². The van der Waals surface area contributed by atoms with Gasteiger partial charge in [-0.05, 0) is 32.2 Å². The normalized spacial score (nSPS) is 26.8. The summed E-state index contributed by atoms with van der Waals surface area (Å²) in [6.07, 6.45) is 9.07. The van der Waals surface area contributed by atoms with E-state index in [-0.39, 0.29) is 11.8 Å². The minimum atomic E-state index is 0.126. The molecule has 4 nitrogen and oxygen atoms in total. The number of nitrogens with zero attached hydrogens (tertiary/aromatic N) is 1. The van der Waals surface area contributed by atoms with Crippen LogP contribution in [0.3, 0.4) is 0 Å². The number of hydrogen-bond acceptors (Lipinski definition) is 3. The van der Waals surface area contributed by atoms with Crippen LogP contribution in [0.25, 0.3) is 0 Å². The Balaban J connectivity index is 1.71. The van der Waals surface area contributed by atoms with Gasteiger partial charge in [-0.3, -0.25) is 9.69 Å². The van der Waals surface area contributed by atoms with E-state index in [4.69, 9.17) is 0 Å². The minimum Gasteiger partial charge on any atom is -0.352 e. The molecule has 2 aliphatic rings. The fourth-order valence-electron chi connectivity index (χ4n) is 3.07. The van der Waals surface area contributed by atoms with Gasteiger partial charge in [0.05, 0.1) is 6.54 Å². The maximum Gasteiger partial charge on any atom is 0.234 e. The zero-order chi connectivity index (χ0) is 12.8. The molecule has 0 bridgehead atoms. The highest BCUT2D eigenvalue weighted by molar-refractivity contribution is 5.78. The summed E-state index contributed by atoms with van der Waals surface area (Å²) in [5, 5.41) is 3.13. The van der Waals surface area contributed by atoms with E-state index in [1.165, 1.54) is 19.3 Å². The zero-order valence-corrected chi connectivity index (χ0v) is 11.1. The third kappa shape index (κ3) is 4.09. The summed E-state index contributed by atoms with van der Waals surface area (Å²) in [6, 6.07) is 0.387. The summed E-state index contributed by atoms with van der Waals surface area (Å²) in [6.45, 7) is 2.16. The molecule has 0 radical (unpaired) electrons. The Morgan fingerprint density at radius 1 is 1.17 bits per heavy atom. The van der Waals surface area contributed by atoms with Gasteiger partial charge in [0.25, 0.3) is 0 Å². The fourth-order valence-corrected chi connectivity index (χ4v) is 3.07. The van der Waals surface area contributed by atoms with Crippen molar-refractivity contribution >= 4 is 12.2 Å². The second kappa shape index (κ2) is 6.88. The molecule has 1 heterocycles. The topological polar surface area (TPSA) is 49.4 Å². The van der Waals surface area contributed by atoms with Crippen LogP contribution in [0.1, 0.15) is 44.9 Å². The number of nitrogens with one attached hydrogen (secondary N) is 1. The van der Waals surface area contributed by atoms with Gasteiger partial charge in [0.2, 0.25) is 5.91 Å². The van der Waals surface area contributed by atoms with E-state index in [1.807, 2.05) is 0 Å². The number of hydrogen-bond donors (Lipinski definition) is 1. The lowest BCUT2D eigenvalue weighted by Gasteiger charge is -2.30. The lowest BCUT2D eigenvalue weighted by molar-refractivity contribution is -0.124. The molecule has 102 valence electrons. The number of aldehydes is 1. The Bertz CT molecular complexity index is 288. The molecule has 2 fully saturated rings. The predicted molar refractivity (Wildman–Crippen MR) is 70.2 cm³/mol. The monoisotopic (exact) mass is 252 g/mol. The van der Waals surface area contributed by atoms with E-state index in [2.05, 4.69) is 10.2 Å². The minimum absolute atomic E-state index is 0.126. The van der Waals surface area contributed by atoms with Crippen LogP contribution in [0.2, 0.25) is 0 Å². The van der Waals surface area contributed by atoms with Gasteiger partial charge in [0.15, 0.2) is 0 Å². The number of rotatable bonds is 4. The first kappa shape index (κ1) is 13.5. The van der Waals surface area contributed by atoms with Gasteiger partial charge >= 0.3 is 0 Å². The number of piperidine rings is 1. The smallest absolute Gasteiger partial charge is 0.234 e. The number of amides is 1. The first-order chi connectivity index (χ1) is 8.78. The Kier molecular flexibility index (Phi) is 5.17. The Morgan fingerprint density at radius 3 is 2.67 bits per heavy atom. The second-order valence-corrected chi connectivity index (χ2v) is 5.68. The van der Waals surface area contributed by atoms with Gasteiger partial charge in [-0.2, -0.15) is 0 Å². The molecular weight excluding hydrogens is 228 g/mol. The van der Waals surface area contributed by atoms with E-state index in [1.54, 1.807) is 0 Å². The molecular formula is C14H24N2O2. The van der Waals surface area contributed by atoms with Crippen LogP contribution < -0.4 is 5.32 Å². The van der Waals surface area contributed by atoms with E-state index in [9.17, 15) is 9.59 Å². The maximum absolute atomic E-state index is 11.9. The average Bonchev–Trinajstić information content (AvgIpc) is 2.40. The van der Waals surface area contributed by atoms with Crippen molar-refractivity contribution in [3.8, 4) is 0 Å². The van der Waals surface area contributed by atoms with Gasteiger partial charge in [-0.25, -0.2) is 0 Å². The molecule has 1 saturated heterocycles. The standard InChI is InChI=1S/C14H24N2O2/c17-11-12-5-4-8-16(9-12)10-14(18)15-13-6-2-1-3-7-13/h11-13H,1-10H2,(H,15,18). The van der Waals surface area contributed by atoms with Crippen LogP contribution in [0.5, 0.6) is 0 Å². The molecule has 1 atom stereocenters. The Morgan fingerprint density at radius 2 is 1.94 bits per heavy atom. The SMILES string of the molecule is O=CC1CCCN(CC(=O)NC2CCCCC2)C1. The van der Waals surface area contributed by atoms with Crippen LogP contribution >= 0.6 is 0 Å². The van der Waals surface area contributed by atoms with Crippen LogP contribution in [-0.4, -0.2) is 42.8 Å². The predicted octanol–water partition coefficient (Wildman–Crippen LogP) is 1.35. The maximum atomic E-state index is 11.9. The van der Waals surface area contributed by atoms with E-state index >= 15 is 0 Å². The largest absolute Gasteiger partial charge is 0.352 e. The van der Waals surface area contributed by atoms with Crippen LogP contribution in [-0.2, 0) is 9.59 Å². The number of carbonyl (C=O) groups excluding carboxylic acids is 2. The molecule has 1 aliphatic heterocycles. The van der Waals surface area contributed by atoms with Crippen molar-refractivity contribution in [3.63, 3.8) is 0 Å². The number of likely N-dealkylation sites (tertiary alicyclic amines) is 1. The summed E-state index contributed by atoms with van der Waals surface area (Å²) in [5.74, 6) is 0.259. The molecule has 1 N–H and O–H groups in total.